The minimum atomic E-state index is -2.56. The molecule has 0 radical (unpaired) electrons. The minimum absolute atomic E-state index is 0.146. The summed E-state index contributed by atoms with van der Waals surface area (Å²) in [5, 5.41) is 8.61. The Morgan fingerprint density at radius 3 is 2.77 bits per heavy atom. The summed E-state index contributed by atoms with van der Waals surface area (Å²) in [6.45, 7) is -0.604. The Morgan fingerprint density at radius 1 is 1.69 bits per heavy atom. The van der Waals surface area contributed by atoms with Crippen molar-refractivity contribution in [3.8, 4) is 0 Å². The van der Waals surface area contributed by atoms with Crippen molar-refractivity contribution in [3.05, 3.63) is 22.4 Å². The van der Waals surface area contributed by atoms with Gasteiger partial charge in [-0.2, -0.15) is 0 Å². The normalized spacial score (nSPS) is 10.8. The molecule has 72 valence electrons. The highest BCUT2D eigenvalue weighted by molar-refractivity contribution is 9.10. The number of aromatic nitrogens is 1. The lowest BCUT2D eigenvalue weighted by atomic mass is 10.4. The highest BCUT2D eigenvalue weighted by Gasteiger charge is 2.14. The monoisotopic (exact) mass is 253 g/mol. The van der Waals surface area contributed by atoms with E-state index in [0.717, 1.165) is 4.57 Å². The largest absolute Gasteiger partial charge is 0.477 e. The fraction of sp³-hybridized carbons (Fsp3) is 0.286. The van der Waals surface area contributed by atoms with Gasteiger partial charge in [0.25, 0.3) is 6.43 Å². The summed E-state index contributed by atoms with van der Waals surface area (Å²) in [5.74, 6) is -1.22. The van der Waals surface area contributed by atoms with Gasteiger partial charge in [-0.3, -0.25) is 0 Å². The van der Waals surface area contributed by atoms with Gasteiger partial charge in [0, 0.05) is 10.7 Å². The van der Waals surface area contributed by atoms with E-state index in [0.29, 0.717) is 4.47 Å². The summed E-state index contributed by atoms with van der Waals surface area (Å²) in [5.41, 5.74) is -0.146. The van der Waals surface area contributed by atoms with E-state index in [1.165, 1.54) is 12.3 Å². The first-order chi connectivity index (χ1) is 6.00. The van der Waals surface area contributed by atoms with Crippen molar-refractivity contribution in [2.24, 2.45) is 0 Å². The molecule has 1 aromatic rings. The minimum Gasteiger partial charge on any atom is -0.477 e. The van der Waals surface area contributed by atoms with Crippen LogP contribution in [0.2, 0.25) is 0 Å². The van der Waals surface area contributed by atoms with E-state index in [1.54, 1.807) is 0 Å². The second-order valence-electron chi connectivity index (χ2n) is 2.39. The van der Waals surface area contributed by atoms with Crippen molar-refractivity contribution in [2.45, 2.75) is 13.0 Å². The number of carboxylic acids is 1. The van der Waals surface area contributed by atoms with Crippen molar-refractivity contribution >= 4 is 21.9 Å². The first-order valence-electron chi connectivity index (χ1n) is 3.38. The number of hydrogen-bond donors (Lipinski definition) is 1. The van der Waals surface area contributed by atoms with Crippen LogP contribution in [0.4, 0.5) is 8.78 Å². The summed E-state index contributed by atoms with van der Waals surface area (Å²) in [6.07, 6.45) is -1.24. The smallest absolute Gasteiger partial charge is 0.352 e. The molecule has 0 amide bonds. The van der Waals surface area contributed by atoms with Gasteiger partial charge in [0.05, 0.1) is 6.54 Å². The van der Waals surface area contributed by atoms with Crippen molar-refractivity contribution in [2.75, 3.05) is 0 Å². The third-order valence-electron chi connectivity index (χ3n) is 1.42. The number of rotatable bonds is 3. The molecule has 0 aliphatic rings. The Balaban J connectivity index is 2.97. The van der Waals surface area contributed by atoms with Gasteiger partial charge in [0.15, 0.2) is 0 Å². The maximum Gasteiger partial charge on any atom is 0.352 e. The molecule has 0 saturated heterocycles. The van der Waals surface area contributed by atoms with E-state index in [2.05, 4.69) is 15.9 Å². The molecule has 0 unspecified atom stereocenters. The summed E-state index contributed by atoms with van der Waals surface area (Å²) in [4.78, 5) is 10.5. The van der Waals surface area contributed by atoms with Crippen LogP contribution < -0.4 is 0 Å². The van der Waals surface area contributed by atoms with Crippen molar-refractivity contribution in [3.63, 3.8) is 0 Å². The highest BCUT2D eigenvalue weighted by atomic mass is 79.9. The highest BCUT2D eigenvalue weighted by Crippen LogP contribution is 2.16. The van der Waals surface area contributed by atoms with Gasteiger partial charge in [0.2, 0.25) is 0 Å². The van der Waals surface area contributed by atoms with Crippen LogP contribution in [0.25, 0.3) is 0 Å². The van der Waals surface area contributed by atoms with Crippen LogP contribution in [0.15, 0.2) is 16.7 Å². The van der Waals surface area contributed by atoms with E-state index < -0.39 is 18.9 Å². The quantitative estimate of drug-likeness (QED) is 0.898. The molecule has 0 bridgehead atoms. The van der Waals surface area contributed by atoms with Crippen LogP contribution in [-0.2, 0) is 6.54 Å². The number of aromatic carboxylic acids is 1. The van der Waals surface area contributed by atoms with Crippen LogP contribution in [0.1, 0.15) is 10.5 Å². The van der Waals surface area contributed by atoms with Crippen LogP contribution in [0.5, 0.6) is 0 Å². The molecule has 1 rings (SSSR count). The SMILES string of the molecule is O=C(O)c1cc(Br)cn1CC(F)F. The number of nitrogens with zero attached hydrogens (tertiary/aromatic N) is 1. The fourth-order valence-electron chi connectivity index (χ4n) is 0.954. The molecular formula is C7H6BrF2NO2. The lowest BCUT2D eigenvalue weighted by Gasteiger charge is -2.03. The van der Waals surface area contributed by atoms with E-state index in [-0.39, 0.29) is 5.69 Å². The van der Waals surface area contributed by atoms with Crippen LogP contribution in [-0.4, -0.2) is 22.1 Å². The Bertz CT molecular complexity index is 324. The topological polar surface area (TPSA) is 42.2 Å². The molecule has 0 spiro atoms. The van der Waals surface area contributed by atoms with Gasteiger partial charge in [-0.25, -0.2) is 13.6 Å². The molecule has 0 aliphatic heterocycles. The number of halogens is 3. The average Bonchev–Trinajstić information content (AvgIpc) is 2.29. The van der Waals surface area contributed by atoms with Gasteiger partial charge in [0.1, 0.15) is 5.69 Å². The first kappa shape index (κ1) is 10.2. The molecule has 0 aromatic carbocycles. The Kier molecular flexibility index (Phi) is 3.02. The number of carboxylic acid groups (broad SMARTS) is 1. The summed E-state index contributed by atoms with van der Waals surface area (Å²) >= 11 is 3.01. The third-order valence-corrected chi connectivity index (χ3v) is 1.85. The maximum absolute atomic E-state index is 11.9. The summed E-state index contributed by atoms with van der Waals surface area (Å²) < 4.78 is 25.4. The molecule has 0 fully saturated rings. The zero-order chi connectivity index (χ0) is 10.0. The Morgan fingerprint density at radius 2 is 2.31 bits per heavy atom. The summed E-state index contributed by atoms with van der Waals surface area (Å²) in [7, 11) is 0. The zero-order valence-corrected chi connectivity index (χ0v) is 7.96. The second kappa shape index (κ2) is 3.87. The molecule has 1 aromatic heterocycles. The van der Waals surface area contributed by atoms with E-state index in [1.807, 2.05) is 0 Å². The third kappa shape index (κ3) is 2.51. The maximum atomic E-state index is 11.9. The average molecular weight is 254 g/mol. The molecule has 1 N–H and O–H groups in total. The molecule has 0 saturated carbocycles. The van der Waals surface area contributed by atoms with Crippen molar-refractivity contribution in [1.29, 1.82) is 0 Å². The van der Waals surface area contributed by atoms with E-state index in [9.17, 15) is 13.6 Å². The molecule has 0 atom stereocenters. The molecule has 1 heterocycles. The fourth-order valence-corrected chi connectivity index (χ4v) is 1.42. The van der Waals surface area contributed by atoms with Gasteiger partial charge in [-0.05, 0) is 22.0 Å². The predicted molar refractivity (Wildman–Crippen MR) is 45.1 cm³/mol. The van der Waals surface area contributed by atoms with Crippen molar-refractivity contribution < 1.29 is 18.7 Å². The standard InChI is InChI=1S/C7H6BrF2NO2/c8-4-1-5(7(12)13)11(2-4)3-6(9)10/h1-2,6H,3H2,(H,12,13). The predicted octanol–water partition coefficient (Wildman–Crippen LogP) is 2.21. The molecular weight excluding hydrogens is 248 g/mol. The Labute approximate surface area is 81.1 Å². The number of hydrogen-bond acceptors (Lipinski definition) is 1. The van der Waals surface area contributed by atoms with Gasteiger partial charge < -0.3 is 9.67 Å². The number of carbonyl (C=O) groups is 1. The number of alkyl halides is 2. The first-order valence-corrected chi connectivity index (χ1v) is 4.17. The zero-order valence-electron chi connectivity index (χ0n) is 6.38. The van der Waals surface area contributed by atoms with Gasteiger partial charge in [-0.15, -0.1) is 0 Å². The van der Waals surface area contributed by atoms with Crippen molar-refractivity contribution in [1.82, 2.24) is 4.57 Å². The van der Waals surface area contributed by atoms with E-state index in [4.69, 9.17) is 5.11 Å². The molecule has 0 aliphatic carbocycles. The molecule has 6 heteroatoms. The van der Waals surface area contributed by atoms with E-state index >= 15 is 0 Å². The summed E-state index contributed by atoms with van der Waals surface area (Å²) in [6, 6.07) is 1.28. The van der Waals surface area contributed by atoms with Gasteiger partial charge in [-0.1, -0.05) is 0 Å². The van der Waals surface area contributed by atoms with Crippen LogP contribution in [0, 0.1) is 0 Å². The molecule has 3 nitrogen and oxygen atoms in total. The van der Waals surface area contributed by atoms with Crippen LogP contribution in [0.3, 0.4) is 0 Å². The Hall–Kier alpha value is -0.910. The van der Waals surface area contributed by atoms with Gasteiger partial charge >= 0.3 is 5.97 Å². The lowest BCUT2D eigenvalue weighted by Crippen LogP contribution is -2.12. The molecule has 13 heavy (non-hydrogen) atoms. The van der Waals surface area contributed by atoms with Crippen LogP contribution >= 0.6 is 15.9 Å². The second-order valence-corrected chi connectivity index (χ2v) is 3.31. The lowest BCUT2D eigenvalue weighted by molar-refractivity contribution is 0.0676.